The maximum Gasteiger partial charge on any atom is 0.357 e. The Morgan fingerprint density at radius 2 is 2.04 bits per heavy atom. The van der Waals surface area contributed by atoms with Gasteiger partial charge in [-0.2, -0.15) is 0 Å². The molecular formula is C19H20N2O3. The van der Waals surface area contributed by atoms with Crippen LogP contribution in [0.1, 0.15) is 28.9 Å². The lowest BCUT2D eigenvalue weighted by molar-refractivity contribution is -0.172. The van der Waals surface area contributed by atoms with Crippen molar-refractivity contribution in [3.63, 3.8) is 0 Å². The molecule has 124 valence electrons. The Morgan fingerprint density at radius 3 is 2.83 bits per heavy atom. The molecule has 5 heteroatoms. The van der Waals surface area contributed by atoms with E-state index >= 15 is 0 Å². The largest absolute Gasteiger partial charge is 0.368 e. The van der Waals surface area contributed by atoms with Crippen LogP contribution < -0.4 is 0 Å². The summed E-state index contributed by atoms with van der Waals surface area (Å²) in [7, 11) is 0. The second-order valence-electron chi connectivity index (χ2n) is 6.32. The molecule has 0 bridgehead atoms. The summed E-state index contributed by atoms with van der Waals surface area (Å²) in [5.74, 6) is -0.0235. The van der Waals surface area contributed by atoms with Crippen molar-refractivity contribution in [2.45, 2.75) is 18.4 Å². The lowest BCUT2D eigenvalue weighted by Gasteiger charge is -2.41. The Kier molecular flexibility index (Phi) is 4.04. The predicted octanol–water partition coefficient (Wildman–Crippen LogP) is 2.79. The number of fused-ring (bicyclic) bond motifs is 1. The van der Waals surface area contributed by atoms with Crippen LogP contribution in [-0.2, 0) is 15.2 Å². The van der Waals surface area contributed by atoms with Gasteiger partial charge in [0.25, 0.3) is 0 Å². The minimum absolute atomic E-state index is 0.282. The van der Waals surface area contributed by atoms with Gasteiger partial charge in [-0.25, -0.2) is 4.79 Å². The highest BCUT2D eigenvalue weighted by Crippen LogP contribution is 2.46. The standard InChI is InChI=1S/C19H20N2O3/c22-18(15-6-2-1-3-7-15)24-21-12-10-19(16(14-21)9-13-23-19)17-8-4-5-11-20-17/h1-8,11,16H,9-10,12-14H2. The fourth-order valence-electron chi connectivity index (χ4n) is 3.73. The van der Waals surface area contributed by atoms with Crippen LogP contribution in [0.25, 0.3) is 0 Å². The number of carbonyl (C=O) groups is 1. The summed E-state index contributed by atoms with van der Waals surface area (Å²) in [6, 6.07) is 15.0. The summed E-state index contributed by atoms with van der Waals surface area (Å²) in [6.07, 6.45) is 3.54. The molecule has 2 atom stereocenters. The molecule has 0 spiro atoms. The topological polar surface area (TPSA) is 51.7 Å². The van der Waals surface area contributed by atoms with E-state index in [-0.39, 0.29) is 17.5 Å². The minimum Gasteiger partial charge on any atom is -0.368 e. The van der Waals surface area contributed by atoms with Crippen LogP contribution in [0, 0.1) is 5.92 Å². The molecule has 0 radical (unpaired) electrons. The highest BCUT2D eigenvalue weighted by Gasteiger charge is 2.50. The third-order valence-electron chi connectivity index (χ3n) is 4.96. The monoisotopic (exact) mass is 324 g/mol. The van der Waals surface area contributed by atoms with Gasteiger partial charge >= 0.3 is 5.97 Å². The molecule has 5 nitrogen and oxygen atoms in total. The zero-order valence-electron chi connectivity index (χ0n) is 13.4. The van der Waals surface area contributed by atoms with Crippen LogP contribution in [-0.4, -0.2) is 35.7 Å². The number of rotatable bonds is 3. The summed E-state index contributed by atoms with van der Waals surface area (Å²) >= 11 is 0. The Hall–Kier alpha value is -2.24. The first kappa shape index (κ1) is 15.3. The number of benzene rings is 1. The Labute approximate surface area is 141 Å². The molecule has 2 saturated heterocycles. The van der Waals surface area contributed by atoms with Crippen LogP contribution in [0.4, 0.5) is 0 Å². The van der Waals surface area contributed by atoms with E-state index in [2.05, 4.69) is 4.98 Å². The fourth-order valence-corrected chi connectivity index (χ4v) is 3.73. The molecule has 4 rings (SSSR count). The molecular weight excluding hydrogens is 304 g/mol. The van der Waals surface area contributed by atoms with Gasteiger partial charge in [-0.15, -0.1) is 5.06 Å². The van der Waals surface area contributed by atoms with Crippen LogP contribution in [0.2, 0.25) is 0 Å². The molecule has 2 unspecified atom stereocenters. The summed E-state index contributed by atoms with van der Waals surface area (Å²) in [4.78, 5) is 22.4. The van der Waals surface area contributed by atoms with Crippen molar-refractivity contribution >= 4 is 5.97 Å². The SMILES string of the molecule is O=C(ON1CCC2(c3ccccn3)OCCC2C1)c1ccccc1. The van der Waals surface area contributed by atoms with Crippen molar-refractivity contribution in [1.29, 1.82) is 0 Å². The average molecular weight is 324 g/mol. The van der Waals surface area contributed by atoms with E-state index in [1.807, 2.05) is 42.6 Å². The zero-order chi connectivity index (χ0) is 16.4. The van der Waals surface area contributed by atoms with E-state index in [1.165, 1.54) is 0 Å². The van der Waals surface area contributed by atoms with Gasteiger partial charge in [0.1, 0.15) is 5.60 Å². The third-order valence-corrected chi connectivity index (χ3v) is 4.96. The Morgan fingerprint density at radius 1 is 1.21 bits per heavy atom. The number of nitrogens with zero attached hydrogens (tertiary/aromatic N) is 2. The molecule has 2 fully saturated rings. The van der Waals surface area contributed by atoms with Crippen molar-refractivity contribution in [2.75, 3.05) is 19.7 Å². The number of hydrogen-bond donors (Lipinski definition) is 0. The smallest absolute Gasteiger partial charge is 0.357 e. The van der Waals surface area contributed by atoms with Crippen LogP contribution >= 0.6 is 0 Å². The van der Waals surface area contributed by atoms with Crippen molar-refractivity contribution in [3.8, 4) is 0 Å². The number of hydroxylamine groups is 2. The number of piperidine rings is 1. The van der Waals surface area contributed by atoms with E-state index in [0.29, 0.717) is 18.7 Å². The average Bonchev–Trinajstić information content (AvgIpc) is 3.07. The number of hydrogen-bond acceptors (Lipinski definition) is 5. The summed E-state index contributed by atoms with van der Waals surface area (Å²) in [6.45, 7) is 2.04. The maximum atomic E-state index is 12.2. The van der Waals surface area contributed by atoms with E-state index in [0.717, 1.165) is 25.1 Å². The summed E-state index contributed by atoms with van der Waals surface area (Å²) in [5, 5.41) is 1.77. The van der Waals surface area contributed by atoms with E-state index in [9.17, 15) is 4.79 Å². The van der Waals surface area contributed by atoms with Crippen molar-refractivity contribution < 1.29 is 14.4 Å². The van der Waals surface area contributed by atoms with Crippen molar-refractivity contribution in [2.24, 2.45) is 5.92 Å². The normalized spacial score (nSPS) is 26.8. The fraction of sp³-hybridized carbons (Fsp3) is 0.368. The van der Waals surface area contributed by atoms with E-state index in [4.69, 9.17) is 9.57 Å². The Balaban J connectivity index is 1.47. The van der Waals surface area contributed by atoms with Crippen LogP contribution in [0.5, 0.6) is 0 Å². The first-order chi connectivity index (χ1) is 11.8. The first-order valence-corrected chi connectivity index (χ1v) is 8.36. The number of carbonyl (C=O) groups excluding carboxylic acids is 1. The molecule has 0 aliphatic carbocycles. The molecule has 0 saturated carbocycles. The van der Waals surface area contributed by atoms with Gasteiger partial charge < -0.3 is 9.57 Å². The zero-order valence-corrected chi connectivity index (χ0v) is 13.4. The summed E-state index contributed by atoms with van der Waals surface area (Å²) in [5.41, 5.74) is 1.22. The summed E-state index contributed by atoms with van der Waals surface area (Å²) < 4.78 is 6.14. The van der Waals surface area contributed by atoms with Gasteiger partial charge in [-0.3, -0.25) is 4.98 Å². The number of pyridine rings is 1. The molecule has 0 amide bonds. The second kappa shape index (κ2) is 6.34. The lowest BCUT2D eigenvalue weighted by atomic mass is 9.79. The van der Waals surface area contributed by atoms with Gasteiger partial charge in [0.05, 0.1) is 11.3 Å². The van der Waals surface area contributed by atoms with Gasteiger partial charge in [0, 0.05) is 31.8 Å². The molecule has 3 heterocycles. The van der Waals surface area contributed by atoms with Crippen LogP contribution in [0.15, 0.2) is 54.7 Å². The van der Waals surface area contributed by atoms with Crippen LogP contribution in [0.3, 0.4) is 0 Å². The molecule has 2 aromatic rings. The van der Waals surface area contributed by atoms with Gasteiger partial charge in [-0.05, 0) is 37.1 Å². The molecule has 24 heavy (non-hydrogen) atoms. The molecule has 2 aliphatic heterocycles. The van der Waals surface area contributed by atoms with Gasteiger partial charge in [0.15, 0.2) is 0 Å². The third kappa shape index (κ3) is 2.70. The molecule has 1 aromatic carbocycles. The quantitative estimate of drug-likeness (QED) is 0.869. The lowest BCUT2D eigenvalue weighted by Crippen LogP contribution is -2.49. The van der Waals surface area contributed by atoms with Gasteiger partial charge in [-0.1, -0.05) is 24.3 Å². The highest BCUT2D eigenvalue weighted by atomic mass is 16.7. The van der Waals surface area contributed by atoms with Gasteiger partial charge in [0.2, 0.25) is 0 Å². The molecule has 2 aliphatic rings. The maximum absolute atomic E-state index is 12.2. The predicted molar refractivity (Wildman–Crippen MR) is 88.0 cm³/mol. The van der Waals surface area contributed by atoms with E-state index < -0.39 is 0 Å². The molecule has 0 N–H and O–H groups in total. The molecule has 1 aromatic heterocycles. The Bertz CT molecular complexity index is 707. The first-order valence-electron chi connectivity index (χ1n) is 8.36. The number of ether oxygens (including phenoxy) is 1. The van der Waals surface area contributed by atoms with Crippen molar-refractivity contribution in [1.82, 2.24) is 10.0 Å². The number of aromatic nitrogens is 1. The second-order valence-corrected chi connectivity index (χ2v) is 6.32. The van der Waals surface area contributed by atoms with E-state index in [1.54, 1.807) is 17.2 Å². The van der Waals surface area contributed by atoms with Crippen molar-refractivity contribution in [3.05, 3.63) is 66.0 Å². The highest BCUT2D eigenvalue weighted by molar-refractivity contribution is 5.89. The minimum atomic E-state index is -0.336.